The van der Waals surface area contributed by atoms with Crippen molar-refractivity contribution in [2.24, 2.45) is 0 Å². The van der Waals surface area contributed by atoms with Gasteiger partial charge in [0, 0.05) is 29.6 Å². The highest BCUT2D eigenvalue weighted by Gasteiger charge is 2.30. The van der Waals surface area contributed by atoms with Crippen molar-refractivity contribution in [3.05, 3.63) is 69.7 Å². The third-order valence-electron chi connectivity index (χ3n) is 4.55. The van der Waals surface area contributed by atoms with Gasteiger partial charge in [-0.1, -0.05) is 29.8 Å². The molecule has 1 aromatic carbocycles. The van der Waals surface area contributed by atoms with Gasteiger partial charge in [0.25, 0.3) is 5.91 Å². The number of hydrogen-bond donors (Lipinski definition) is 0. The van der Waals surface area contributed by atoms with Crippen LogP contribution in [-0.2, 0) is 6.42 Å². The van der Waals surface area contributed by atoms with Gasteiger partial charge in [-0.15, -0.1) is 11.3 Å². The Morgan fingerprint density at radius 2 is 1.92 bits per heavy atom. The zero-order chi connectivity index (χ0) is 16.7. The van der Waals surface area contributed by atoms with Gasteiger partial charge in [0.15, 0.2) is 0 Å². The second kappa shape index (κ2) is 5.87. The third-order valence-corrected chi connectivity index (χ3v) is 5.60. The first-order valence-corrected chi connectivity index (χ1v) is 8.93. The number of carbonyl (C=O) groups is 1. The molecule has 1 aliphatic rings. The number of aryl methyl sites for hydroxylation is 2. The van der Waals surface area contributed by atoms with Gasteiger partial charge in [0.05, 0.1) is 17.4 Å². The van der Waals surface area contributed by atoms with Gasteiger partial charge < -0.3 is 4.90 Å². The number of rotatable bonds is 2. The van der Waals surface area contributed by atoms with Gasteiger partial charge in [-0.05, 0) is 36.4 Å². The molecule has 120 valence electrons. The van der Waals surface area contributed by atoms with E-state index >= 15 is 0 Å². The van der Waals surface area contributed by atoms with Crippen molar-refractivity contribution in [3.63, 3.8) is 0 Å². The topological polar surface area (TPSA) is 33.2 Å². The lowest BCUT2D eigenvalue weighted by Crippen LogP contribution is -2.37. The predicted octanol–water partition coefficient (Wildman–Crippen LogP) is 4.63. The second-order valence-corrected chi connectivity index (χ2v) is 7.15. The van der Waals surface area contributed by atoms with Crippen LogP contribution in [0.15, 0.2) is 48.1 Å². The summed E-state index contributed by atoms with van der Waals surface area (Å²) in [5.41, 5.74) is 6.23. The van der Waals surface area contributed by atoms with E-state index in [1.807, 2.05) is 17.9 Å². The molecule has 0 bridgehead atoms. The summed E-state index contributed by atoms with van der Waals surface area (Å²) >= 11 is 1.69. The van der Waals surface area contributed by atoms with Crippen molar-refractivity contribution in [2.45, 2.75) is 20.3 Å². The molecule has 3 nitrogen and oxygen atoms in total. The summed E-state index contributed by atoms with van der Waals surface area (Å²) in [5, 5.41) is 2.12. The Morgan fingerprint density at radius 1 is 1.12 bits per heavy atom. The minimum absolute atomic E-state index is 0.0872. The van der Waals surface area contributed by atoms with Crippen LogP contribution in [0.3, 0.4) is 0 Å². The van der Waals surface area contributed by atoms with Crippen molar-refractivity contribution in [1.82, 2.24) is 4.98 Å². The first kappa shape index (κ1) is 15.1. The van der Waals surface area contributed by atoms with Crippen LogP contribution in [0.25, 0.3) is 11.1 Å². The van der Waals surface area contributed by atoms with E-state index in [2.05, 4.69) is 41.6 Å². The maximum atomic E-state index is 13.2. The maximum Gasteiger partial charge on any atom is 0.260 e. The van der Waals surface area contributed by atoms with E-state index in [0.717, 1.165) is 34.4 Å². The van der Waals surface area contributed by atoms with Gasteiger partial charge in [0.1, 0.15) is 0 Å². The fourth-order valence-corrected chi connectivity index (χ4v) is 4.22. The number of thiophene rings is 1. The number of anilines is 1. The lowest BCUT2D eigenvalue weighted by molar-refractivity contribution is 0.0982. The molecule has 0 fully saturated rings. The third kappa shape index (κ3) is 2.43. The minimum atomic E-state index is 0.0872. The number of fused-ring (bicyclic) bond motifs is 1. The van der Waals surface area contributed by atoms with Crippen molar-refractivity contribution >= 4 is 22.9 Å². The number of nitrogens with zero attached hydrogens (tertiary/aromatic N) is 2. The lowest BCUT2D eigenvalue weighted by atomic mass is 9.97. The van der Waals surface area contributed by atoms with E-state index in [9.17, 15) is 4.79 Å². The smallest absolute Gasteiger partial charge is 0.260 e. The van der Waals surface area contributed by atoms with Crippen LogP contribution in [0.2, 0.25) is 0 Å². The largest absolute Gasteiger partial charge is 0.306 e. The van der Waals surface area contributed by atoms with Gasteiger partial charge in [-0.25, -0.2) is 0 Å². The SMILES string of the molecule is Cc1ccc(-c2csc3c2C(=O)N(c2cnccc2C)CC3)cc1. The number of carbonyl (C=O) groups excluding carboxylic acids is 1. The first-order chi connectivity index (χ1) is 11.6. The van der Waals surface area contributed by atoms with Crippen molar-refractivity contribution in [1.29, 1.82) is 0 Å². The molecule has 2 aromatic heterocycles. The molecule has 0 unspecified atom stereocenters. The van der Waals surface area contributed by atoms with Crippen LogP contribution in [0, 0.1) is 13.8 Å². The highest BCUT2D eigenvalue weighted by atomic mass is 32.1. The van der Waals surface area contributed by atoms with Gasteiger partial charge >= 0.3 is 0 Å². The number of amides is 1. The summed E-state index contributed by atoms with van der Waals surface area (Å²) in [4.78, 5) is 20.5. The maximum absolute atomic E-state index is 13.2. The Labute approximate surface area is 145 Å². The molecule has 0 N–H and O–H groups in total. The van der Waals surface area contributed by atoms with Crippen molar-refractivity contribution < 1.29 is 4.79 Å². The van der Waals surface area contributed by atoms with Crippen molar-refractivity contribution in [3.8, 4) is 11.1 Å². The summed E-state index contributed by atoms with van der Waals surface area (Å²) in [6.07, 6.45) is 4.45. The number of pyridine rings is 1. The Balaban J connectivity index is 1.78. The number of aromatic nitrogens is 1. The van der Waals surface area contributed by atoms with Crippen LogP contribution in [-0.4, -0.2) is 17.4 Å². The quantitative estimate of drug-likeness (QED) is 0.684. The highest BCUT2D eigenvalue weighted by molar-refractivity contribution is 7.10. The molecule has 0 spiro atoms. The fourth-order valence-electron chi connectivity index (χ4n) is 3.18. The Hall–Kier alpha value is -2.46. The molecule has 0 saturated heterocycles. The van der Waals surface area contributed by atoms with Crippen LogP contribution in [0.1, 0.15) is 26.4 Å². The van der Waals surface area contributed by atoms with E-state index < -0.39 is 0 Å². The summed E-state index contributed by atoms with van der Waals surface area (Å²) in [5.74, 6) is 0.0872. The number of hydrogen-bond acceptors (Lipinski definition) is 3. The highest BCUT2D eigenvalue weighted by Crippen LogP contribution is 2.37. The number of benzene rings is 1. The molecule has 4 heteroatoms. The molecule has 0 saturated carbocycles. The Bertz CT molecular complexity index is 912. The average Bonchev–Trinajstić information content (AvgIpc) is 3.02. The fraction of sp³-hybridized carbons (Fsp3) is 0.200. The van der Waals surface area contributed by atoms with E-state index in [-0.39, 0.29) is 5.91 Å². The zero-order valence-electron chi connectivity index (χ0n) is 13.7. The molecule has 3 heterocycles. The van der Waals surface area contributed by atoms with Crippen LogP contribution in [0.5, 0.6) is 0 Å². The predicted molar refractivity (Wildman–Crippen MR) is 98.8 cm³/mol. The van der Waals surface area contributed by atoms with Gasteiger partial charge in [-0.3, -0.25) is 9.78 Å². The molecule has 0 atom stereocenters. The molecular formula is C20H18N2OS. The molecule has 4 rings (SSSR count). The average molecular weight is 334 g/mol. The normalized spacial score (nSPS) is 13.9. The summed E-state index contributed by atoms with van der Waals surface area (Å²) in [6.45, 7) is 4.81. The standard InChI is InChI=1S/C20H18N2OS/c1-13-3-5-15(6-4-13)16-12-24-18-8-10-22(20(23)19(16)18)17-11-21-9-7-14(17)2/h3-7,9,11-12H,8,10H2,1-2H3. The van der Waals surface area contributed by atoms with Crippen LogP contribution in [0.4, 0.5) is 5.69 Å². The molecule has 0 radical (unpaired) electrons. The van der Waals surface area contributed by atoms with Crippen molar-refractivity contribution in [2.75, 3.05) is 11.4 Å². The molecular weight excluding hydrogens is 316 g/mol. The van der Waals surface area contributed by atoms with E-state index in [4.69, 9.17) is 0 Å². The van der Waals surface area contributed by atoms with Crippen LogP contribution < -0.4 is 4.90 Å². The summed E-state index contributed by atoms with van der Waals surface area (Å²) < 4.78 is 0. The van der Waals surface area contributed by atoms with Gasteiger partial charge in [0.2, 0.25) is 0 Å². The first-order valence-electron chi connectivity index (χ1n) is 8.05. The van der Waals surface area contributed by atoms with E-state index in [1.165, 1.54) is 10.4 Å². The molecule has 0 aliphatic carbocycles. The molecule has 1 aliphatic heterocycles. The lowest BCUT2D eigenvalue weighted by Gasteiger charge is -2.28. The van der Waals surface area contributed by atoms with E-state index in [1.54, 1.807) is 23.7 Å². The second-order valence-electron chi connectivity index (χ2n) is 6.18. The Kier molecular flexibility index (Phi) is 3.69. The summed E-state index contributed by atoms with van der Waals surface area (Å²) in [7, 11) is 0. The minimum Gasteiger partial charge on any atom is -0.306 e. The monoisotopic (exact) mass is 334 g/mol. The molecule has 3 aromatic rings. The van der Waals surface area contributed by atoms with Gasteiger partial charge in [-0.2, -0.15) is 0 Å². The van der Waals surface area contributed by atoms with Crippen LogP contribution >= 0.6 is 11.3 Å². The Morgan fingerprint density at radius 3 is 2.67 bits per heavy atom. The molecule has 24 heavy (non-hydrogen) atoms. The van der Waals surface area contributed by atoms with E-state index in [0.29, 0.717) is 6.54 Å². The summed E-state index contributed by atoms with van der Waals surface area (Å²) in [6, 6.07) is 10.3. The molecule has 1 amide bonds. The zero-order valence-corrected chi connectivity index (χ0v) is 14.6.